The van der Waals surface area contributed by atoms with Crippen LogP contribution in [0, 0.1) is 0 Å². The number of aromatic nitrogens is 1. The Balaban J connectivity index is 0.00000121. The minimum Gasteiger partial charge on any atom is -0.478 e. The molecule has 0 unspecified atom stereocenters. The molecule has 1 heterocycles. The summed E-state index contributed by atoms with van der Waals surface area (Å²) in [6, 6.07) is 2.80. The third-order valence-electron chi connectivity index (χ3n) is 1.18. The number of carboxylic acid groups (broad SMARTS) is 1. The lowest BCUT2D eigenvalue weighted by molar-refractivity contribution is 0.0693. The Morgan fingerprint density at radius 1 is 1.58 bits per heavy atom. The summed E-state index contributed by atoms with van der Waals surface area (Å²) < 4.78 is 0. The number of aldehydes is 1. The van der Waals surface area contributed by atoms with Gasteiger partial charge in [-0.15, -0.1) is 12.4 Å². The van der Waals surface area contributed by atoms with Crippen LogP contribution in [-0.4, -0.2) is 22.3 Å². The van der Waals surface area contributed by atoms with E-state index in [9.17, 15) is 9.59 Å². The van der Waals surface area contributed by atoms with Gasteiger partial charge < -0.3 is 5.11 Å². The molecule has 0 atom stereocenters. The Kier molecular flexibility index (Phi) is 3.93. The standard InChI is InChI=1S/C7H5NO3.ClH/c9-4-6-5(7(10)11)2-1-3-8-6;/h1-4H,(H,10,11);1H. The summed E-state index contributed by atoms with van der Waals surface area (Å²) in [6.45, 7) is 0. The maximum atomic E-state index is 10.4. The quantitative estimate of drug-likeness (QED) is 0.702. The van der Waals surface area contributed by atoms with E-state index in [-0.39, 0.29) is 23.7 Å². The normalized spacial score (nSPS) is 8.33. The second kappa shape index (κ2) is 4.46. The Morgan fingerprint density at radius 3 is 2.67 bits per heavy atom. The van der Waals surface area contributed by atoms with E-state index in [0.717, 1.165) is 0 Å². The zero-order chi connectivity index (χ0) is 8.27. The molecule has 0 saturated heterocycles. The fourth-order valence-corrected chi connectivity index (χ4v) is 0.692. The van der Waals surface area contributed by atoms with Gasteiger partial charge in [0.1, 0.15) is 5.69 Å². The molecule has 1 aromatic heterocycles. The van der Waals surface area contributed by atoms with Gasteiger partial charge in [-0.05, 0) is 12.1 Å². The second-order valence-electron chi connectivity index (χ2n) is 1.86. The summed E-state index contributed by atoms with van der Waals surface area (Å²) in [6.07, 6.45) is 1.79. The second-order valence-corrected chi connectivity index (χ2v) is 1.86. The molecule has 0 saturated carbocycles. The summed E-state index contributed by atoms with van der Waals surface area (Å²) >= 11 is 0. The first-order valence-corrected chi connectivity index (χ1v) is 2.89. The van der Waals surface area contributed by atoms with Gasteiger partial charge in [-0.2, -0.15) is 0 Å². The lowest BCUT2D eigenvalue weighted by Crippen LogP contribution is -2.02. The minimum absolute atomic E-state index is 0. The summed E-state index contributed by atoms with van der Waals surface area (Å²) in [5, 5.41) is 8.50. The fraction of sp³-hybridized carbons (Fsp3) is 0. The van der Waals surface area contributed by atoms with Crippen LogP contribution in [-0.2, 0) is 0 Å². The fourth-order valence-electron chi connectivity index (χ4n) is 0.692. The molecule has 0 aliphatic carbocycles. The van der Waals surface area contributed by atoms with E-state index in [1.54, 1.807) is 0 Å². The molecule has 1 N–H and O–H groups in total. The summed E-state index contributed by atoms with van der Waals surface area (Å²) in [4.78, 5) is 24.2. The van der Waals surface area contributed by atoms with Crippen LogP contribution in [0.4, 0.5) is 0 Å². The van der Waals surface area contributed by atoms with E-state index in [1.165, 1.54) is 18.3 Å². The van der Waals surface area contributed by atoms with Crippen LogP contribution in [0.2, 0.25) is 0 Å². The van der Waals surface area contributed by atoms with Crippen LogP contribution in [0.1, 0.15) is 20.8 Å². The molecule has 5 heteroatoms. The summed E-state index contributed by atoms with van der Waals surface area (Å²) in [7, 11) is 0. The minimum atomic E-state index is -1.14. The zero-order valence-electron chi connectivity index (χ0n) is 5.93. The molecule has 0 bridgehead atoms. The first-order chi connectivity index (χ1) is 5.25. The van der Waals surface area contributed by atoms with Gasteiger partial charge in [0.2, 0.25) is 0 Å². The van der Waals surface area contributed by atoms with Crippen LogP contribution in [0.15, 0.2) is 18.3 Å². The van der Waals surface area contributed by atoms with E-state index < -0.39 is 5.97 Å². The highest BCUT2D eigenvalue weighted by molar-refractivity contribution is 5.95. The molecule has 0 radical (unpaired) electrons. The van der Waals surface area contributed by atoms with Crippen molar-refractivity contribution in [2.24, 2.45) is 0 Å². The van der Waals surface area contributed by atoms with Crippen molar-refractivity contribution in [3.8, 4) is 0 Å². The van der Waals surface area contributed by atoms with Gasteiger partial charge >= 0.3 is 5.97 Å². The summed E-state index contributed by atoms with van der Waals surface area (Å²) in [5.74, 6) is -1.14. The molecule has 0 amide bonds. The molecule has 4 nitrogen and oxygen atoms in total. The zero-order valence-corrected chi connectivity index (χ0v) is 6.75. The number of carbonyl (C=O) groups excluding carboxylic acids is 1. The Hall–Kier alpha value is -1.42. The molecule has 64 valence electrons. The maximum Gasteiger partial charge on any atom is 0.338 e. The third kappa shape index (κ3) is 2.03. The van der Waals surface area contributed by atoms with Crippen LogP contribution < -0.4 is 0 Å². The molecule has 1 rings (SSSR count). The van der Waals surface area contributed by atoms with E-state index in [4.69, 9.17) is 5.11 Å². The van der Waals surface area contributed by atoms with Crippen molar-refractivity contribution in [3.05, 3.63) is 29.6 Å². The van der Waals surface area contributed by atoms with Crippen molar-refractivity contribution < 1.29 is 14.7 Å². The first kappa shape index (κ1) is 10.6. The smallest absolute Gasteiger partial charge is 0.338 e. The highest BCUT2D eigenvalue weighted by atomic mass is 35.5. The number of carbonyl (C=O) groups is 2. The molecule has 12 heavy (non-hydrogen) atoms. The first-order valence-electron chi connectivity index (χ1n) is 2.89. The molecule has 0 fully saturated rings. The van der Waals surface area contributed by atoms with Crippen LogP contribution >= 0.6 is 12.4 Å². The van der Waals surface area contributed by atoms with Crippen molar-refractivity contribution in [3.63, 3.8) is 0 Å². The van der Waals surface area contributed by atoms with Crippen LogP contribution in [0.3, 0.4) is 0 Å². The molecular formula is C7H6ClNO3. The molecule has 0 aliphatic heterocycles. The average Bonchev–Trinajstić information content (AvgIpc) is 2.04. The van der Waals surface area contributed by atoms with Gasteiger partial charge in [0, 0.05) is 6.20 Å². The number of carboxylic acids is 1. The Bertz CT molecular complexity index is 300. The lowest BCUT2D eigenvalue weighted by atomic mass is 10.2. The predicted octanol–water partition coefficient (Wildman–Crippen LogP) is 1.01. The van der Waals surface area contributed by atoms with E-state index in [1.807, 2.05) is 0 Å². The van der Waals surface area contributed by atoms with Gasteiger partial charge in [0.05, 0.1) is 5.56 Å². The predicted molar refractivity (Wildman–Crippen MR) is 43.8 cm³/mol. The van der Waals surface area contributed by atoms with Gasteiger partial charge in [-0.3, -0.25) is 9.78 Å². The average molecular weight is 188 g/mol. The van der Waals surface area contributed by atoms with Gasteiger partial charge in [0.25, 0.3) is 0 Å². The third-order valence-corrected chi connectivity index (χ3v) is 1.18. The van der Waals surface area contributed by atoms with E-state index in [2.05, 4.69) is 4.98 Å². The van der Waals surface area contributed by atoms with Crippen molar-refractivity contribution in [2.75, 3.05) is 0 Å². The maximum absolute atomic E-state index is 10.4. The number of hydrogen-bond donors (Lipinski definition) is 1. The number of hydrogen-bond acceptors (Lipinski definition) is 3. The van der Waals surface area contributed by atoms with Crippen LogP contribution in [0.5, 0.6) is 0 Å². The number of halogens is 1. The Morgan fingerprint density at radius 2 is 2.25 bits per heavy atom. The molecule has 0 aromatic carbocycles. The number of rotatable bonds is 2. The summed E-state index contributed by atoms with van der Waals surface area (Å²) in [5.41, 5.74) is -0.109. The highest BCUT2D eigenvalue weighted by Gasteiger charge is 2.08. The number of nitrogens with zero attached hydrogens (tertiary/aromatic N) is 1. The van der Waals surface area contributed by atoms with Crippen molar-refractivity contribution in [2.45, 2.75) is 0 Å². The van der Waals surface area contributed by atoms with Crippen LogP contribution in [0.25, 0.3) is 0 Å². The van der Waals surface area contributed by atoms with E-state index >= 15 is 0 Å². The number of aromatic carboxylic acids is 1. The molecule has 0 spiro atoms. The van der Waals surface area contributed by atoms with Crippen molar-refractivity contribution in [1.82, 2.24) is 4.98 Å². The van der Waals surface area contributed by atoms with E-state index in [0.29, 0.717) is 6.29 Å². The Labute approximate surface area is 74.7 Å². The highest BCUT2D eigenvalue weighted by Crippen LogP contribution is 2.01. The van der Waals surface area contributed by atoms with Gasteiger partial charge in [-0.1, -0.05) is 0 Å². The largest absolute Gasteiger partial charge is 0.478 e. The SMILES string of the molecule is Cl.O=Cc1ncccc1C(=O)O. The molecular weight excluding hydrogens is 182 g/mol. The van der Waals surface area contributed by atoms with Crippen molar-refractivity contribution >= 4 is 24.7 Å². The molecule has 0 aliphatic rings. The monoisotopic (exact) mass is 187 g/mol. The van der Waals surface area contributed by atoms with Gasteiger partial charge in [0.15, 0.2) is 6.29 Å². The topological polar surface area (TPSA) is 67.3 Å². The van der Waals surface area contributed by atoms with Gasteiger partial charge in [-0.25, -0.2) is 4.79 Å². The number of pyridine rings is 1. The lowest BCUT2D eigenvalue weighted by Gasteiger charge is -1.94. The van der Waals surface area contributed by atoms with Crippen molar-refractivity contribution in [1.29, 1.82) is 0 Å². The molecule has 1 aromatic rings.